The molecule has 0 heterocycles. The highest BCUT2D eigenvalue weighted by Gasteiger charge is 2.24. The van der Waals surface area contributed by atoms with Crippen LogP contribution in [-0.2, 0) is 6.54 Å². The minimum atomic E-state index is 0.535. The minimum Gasteiger partial charge on any atom is -0.494 e. The van der Waals surface area contributed by atoms with Gasteiger partial charge in [-0.1, -0.05) is 18.2 Å². The molecule has 0 bridgehead atoms. The lowest BCUT2D eigenvalue weighted by atomic mass is 10.2. The Labute approximate surface area is 144 Å². The van der Waals surface area contributed by atoms with E-state index in [-0.39, 0.29) is 0 Å². The summed E-state index contributed by atoms with van der Waals surface area (Å²) in [4.78, 5) is 4.75. The first-order chi connectivity index (χ1) is 11.3. The number of hydrogen-bond donors (Lipinski definition) is 2. The van der Waals surface area contributed by atoms with E-state index < -0.39 is 0 Å². The van der Waals surface area contributed by atoms with E-state index in [1.54, 1.807) is 0 Å². The molecular weight excluding hydrogens is 306 g/mol. The van der Waals surface area contributed by atoms with Crippen molar-refractivity contribution in [3.8, 4) is 5.75 Å². The Kier molecular flexibility index (Phi) is 7.59. The van der Waals surface area contributed by atoms with Gasteiger partial charge in [0.15, 0.2) is 5.96 Å². The van der Waals surface area contributed by atoms with Crippen molar-refractivity contribution in [2.45, 2.75) is 50.9 Å². The number of thioether (sulfide) groups is 1. The Hall–Kier alpha value is -1.36. The molecule has 128 valence electrons. The summed E-state index contributed by atoms with van der Waals surface area (Å²) in [6.45, 7) is 6.29. The van der Waals surface area contributed by atoms with E-state index in [1.165, 1.54) is 19.3 Å². The van der Waals surface area contributed by atoms with Gasteiger partial charge in [0, 0.05) is 23.4 Å². The number of ether oxygens (including phenoxy) is 1. The molecule has 23 heavy (non-hydrogen) atoms. The number of guanidine groups is 1. The third-order valence-electron chi connectivity index (χ3n) is 4.08. The van der Waals surface area contributed by atoms with Crippen molar-refractivity contribution in [3.63, 3.8) is 0 Å². The second-order valence-electron chi connectivity index (χ2n) is 5.75. The van der Waals surface area contributed by atoms with Crippen molar-refractivity contribution in [2.24, 2.45) is 4.99 Å². The van der Waals surface area contributed by atoms with Crippen LogP contribution in [0, 0.1) is 0 Å². The van der Waals surface area contributed by atoms with E-state index in [0.717, 1.165) is 29.1 Å². The van der Waals surface area contributed by atoms with Crippen molar-refractivity contribution >= 4 is 17.7 Å². The van der Waals surface area contributed by atoms with Crippen LogP contribution in [0.2, 0.25) is 0 Å². The Morgan fingerprint density at radius 3 is 2.83 bits per heavy atom. The molecule has 1 fully saturated rings. The number of aliphatic imine (C=N–C) groups is 1. The summed E-state index contributed by atoms with van der Waals surface area (Å²) in [6, 6.07) is 8.66. The van der Waals surface area contributed by atoms with E-state index >= 15 is 0 Å². The third kappa shape index (κ3) is 5.65. The summed E-state index contributed by atoms with van der Waals surface area (Å²) in [5.74, 6) is 1.84. The highest BCUT2D eigenvalue weighted by Crippen LogP contribution is 2.28. The number of para-hydroxylation sites is 1. The molecule has 1 aromatic rings. The largest absolute Gasteiger partial charge is 0.494 e. The van der Waals surface area contributed by atoms with Gasteiger partial charge in [-0.3, -0.25) is 0 Å². The maximum atomic E-state index is 5.68. The predicted molar refractivity (Wildman–Crippen MR) is 101 cm³/mol. The molecule has 1 saturated carbocycles. The Bertz CT molecular complexity index is 507. The Balaban J connectivity index is 1.98. The summed E-state index contributed by atoms with van der Waals surface area (Å²) in [5.41, 5.74) is 1.12. The van der Waals surface area contributed by atoms with Gasteiger partial charge >= 0.3 is 0 Å². The van der Waals surface area contributed by atoms with Crippen molar-refractivity contribution in [1.29, 1.82) is 0 Å². The second kappa shape index (κ2) is 9.71. The monoisotopic (exact) mass is 335 g/mol. The average Bonchev–Trinajstić information content (AvgIpc) is 3.02. The number of hydrogen-bond acceptors (Lipinski definition) is 3. The average molecular weight is 336 g/mol. The second-order valence-corrected chi connectivity index (χ2v) is 6.89. The van der Waals surface area contributed by atoms with Gasteiger partial charge in [-0.15, -0.1) is 0 Å². The van der Waals surface area contributed by atoms with E-state index in [9.17, 15) is 0 Å². The smallest absolute Gasteiger partial charge is 0.191 e. The van der Waals surface area contributed by atoms with Gasteiger partial charge in [0.05, 0.1) is 13.2 Å². The fraction of sp³-hybridized carbons (Fsp3) is 0.611. The lowest BCUT2D eigenvalue weighted by molar-refractivity contribution is 0.336. The molecule has 4 nitrogen and oxygen atoms in total. The van der Waals surface area contributed by atoms with Gasteiger partial charge < -0.3 is 15.4 Å². The Morgan fingerprint density at radius 2 is 2.13 bits per heavy atom. The van der Waals surface area contributed by atoms with Gasteiger partial charge in [0.25, 0.3) is 0 Å². The topological polar surface area (TPSA) is 45.7 Å². The van der Waals surface area contributed by atoms with Crippen LogP contribution in [0.4, 0.5) is 0 Å². The Morgan fingerprint density at radius 1 is 1.30 bits per heavy atom. The minimum absolute atomic E-state index is 0.535. The van der Waals surface area contributed by atoms with Crippen LogP contribution in [0.25, 0.3) is 0 Å². The molecule has 2 unspecified atom stereocenters. The number of rotatable bonds is 7. The highest BCUT2D eigenvalue weighted by atomic mass is 32.2. The van der Waals surface area contributed by atoms with Crippen LogP contribution >= 0.6 is 11.8 Å². The lowest BCUT2D eigenvalue weighted by Crippen LogP contribution is -2.42. The van der Waals surface area contributed by atoms with Gasteiger partial charge in [0.1, 0.15) is 5.75 Å². The molecular formula is C18H29N3OS. The first kappa shape index (κ1) is 18.0. The molecule has 5 heteroatoms. The maximum absolute atomic E-state index is 5.68. The standard InChI is InChI=1S/C18H29N3OS/c1-4-19-18(21-15-10-11-16(12-15)23-3)20-13-14-8-6-7-9-17(14)22-5-2/h6-9,15-16H,4-5,10-13H2,1-3H3,(H2,19,20,21). The van der Waals surface area contributed by atoms with Crippen molar-refractivity contribution in [1.82, 2.24) is 10.6 Å². The first-order valence-corrected chi connectivity index (χ1v) is 9.83. The van der Waals surface area contributed by atoms with Crippen LogP contribution in [-0.4, -0.2) is 36.7 Å². The lowest BCUT2D eigenvalue weighted by Gasteiger charge is -2.17. The van der Waals surface area contributed by atoms with Crippen LogP contribution < -0.4 is 15.4 Å². The number of nitrogens with one attached hydrogen (secondary N) is 2. The van der Waals surface area contributed by atoms with Gasteiger partial charge in [-0.25, -0.2) is 4.99 Å². The summed E-state index contributed by atoms with van der Waals surface area (Å²) < 4.78 is 5.68. The van der Waals surface area contributed by atoms with Crippen molar-refractivity contribution in [3.05, 3.63) is 29.8 Å². The molecule has 0 aliphatic heterocycles. The fourth-order valence-corrected chi connectivity index (χ4v) is 3.69. The van der Waals surface area contributed by atoms with Crippen LogP contribution in [0.3, 0.4) is 0 Å². The zero-order chi connectivity index (χ0) is 16.5. The van der Waals surface area contributed by atoms with Crippen molar-refractivity contribution < 1.29 is 4.74 Å². The predicted octanol–water partition coefficient (Wildman–Crippen LogP) is 3.42. The zero-order valence-electron chi connectivity index (χ0n) is 14.5. The van der Waals surface area contributed by atoms with E-state index in [4.69, 9.17) is 9.73 Å². The normalized spacial score (nSPS) is 21.3. The molecule has 1 aromatic carbocycles. The summed E-state index contributed by atoms with van der Waals surface area (Å²) in [7, 11) is 0. The number of nitrogens with zero attached hydrogens (tertiary/aromatic N) is 1. The van der Waals surface area contributed by atoms with Crippen LogP contribution in [0.1, 0.15) is 38.7 Å². The summed E-state index contributed by atoms with van der Waals surface area (Å²) in [6.07, 6.45) is 5.95. The molecule has 2 rings (SSSR count). The molecule has 1 aliphatic carbocycles. The first-order valence-electron chi connectivity index (χ1n) is 8.55. The highest BCUT2D eigenvalue weighted by molar-refractivity contribution is 7.99. The maximum Gasteiger partial charge on any atom is 0.191 e. The van der Waals surface area contributed by atoms with Gasteiger partial charge in [0.2, 0.25) is 0 Å². The molecule has 0 saturated heterocycles. The van der Waals surface area contributed by atoms with Crippen LogP contribution in [0.15, 0.2) is 29.3 Å². The van der Waals surface area contributed by atoms with E-state index in [2.05, 4.69) is 29.9 Å². The SMILES string of the molecule is CCNC(=NCc1ccccc1OCC)NC1CCC(SC)C1. The quantitative estimate of drug-likeness (QED) is 0.592. The molecule has 0 aromatic heterocycles. The molecule has 2 N–H and O–H groups in total. The van der Waals surface area contributed by atoms with E-state index in [0.29, 0.717) is 19.2 Å². The molecule has 0 amide bonds. The molecule has 2 atom stereocenters. The number of benzene rings is 1. The van der Waals surface area contributed by atoms with Gasteiger partial charge in [-0.2, -0.15) is 11.8 Å². The van der Waals surface area contributed by atoms with E-state index in [1.807, 2.05) is 36.9 Å². The molecule has 1 aliphatic rings. The summed E-state index contributed by atoms with van der Waals surface area (Å²) in [5, 5.41) is 7.73. The summed E-state index contributed by atoms with van der Waals surface area (Å²) >= 11 is 1.98. The zero-order valence-corrected chi connectivity index (χ0v) is 15.3. The fourth-order valence-electron chi connectivity index (χ4n) is 2.89. The van der Waals surface area contributed by atoms with Crippen molar-refractivity contribution in [2.75, 3.05) is 19.4 Å². The molecule has 0 spiro atoms. The van der Waals surface area contributed by atoms with Gasteiger partial charge in [-0.05, 0) is 45.4 Å². The third-order valence-corrected chi connectivity index (χ3v) is 5.18. The van der Waals surface area contributed by atoms with Crippen LogP contribution in [0.5, 0.6) is 5.75 Å². The molecule has 0 radical (unpaired) electrons.